The monoisotopic (exact) mass is 532 g/mol. The highest BCUT2D eigenvalue weighted by Gasteiger charge is 2.17. The molecule has 0 radical (unpaired) electrons. The van der Waals surface area contributed by atoms with Gasteiger partial charge in [-0.25, -0.2) is 0 Å². The van der Waals surface area contributed by atoms with Gasteiger partial charge in [-0.05, 0) is 61.2 Å². The molecular weight excluding hydrogens is 500 g/mol. The Bertz CT molecular complexity index is 1340. The molecule has 0 aliphatic carbocycles. The zero-order valence-electron chi connectivity index (χ0n) is 21.6. The van der Waals surface area contributed by atoms with Gasteiger partial charge in [-0.2, -0.15) is 15.0 Å². The number of anilines is 5. The van der Waals surface area contributed by atoms with Crippen molar-refractivity contribution in [3.05, 3.63) is 65.3 Å². The second-order valence-corrected chi connectivity index (χ2v) is 9.57. The van der Waals surface area contributed by atoms with Crippen LogP contribution in [-0.4, -0.2) is 59.3 Å². The SMILES string of the molecule is CCc1ccc(Nc2nc(NCCCCNc3ccnc4cc(Cl)ccc34)nc(N3CCOCC3)n2)cc1. The summed E-state index contributed by atoms with van der Waals surface area (Å²) >= 11 is 6.10. The lowest BCUT2D eigenvalue weighted by Crippen LogP contribution is -2.37. The molecule has 0 saturated carbocycles. The summed E-state index contributed by atoms with van der Waals surface area (Å²) in [4.78, 5) is 20.6. The first kappa shape index (κ1) is 25.9. The van der Waals surface area contributed by atoms with Gasteiger partial charge in [0.25, 0.3) is 0 Å². The number of morpholine rings is 1. The van der Waals surface area contributed by atoms with Crippen LogP contribution in [0.5, 0.6) is 0 Å². The number of hydrogen-bond donors (Lipinski definition) is 3. The second-order valence-electron chi connectivity index (χ2n) is 9.14. The minimum Gasteiger partial charge on any atom is -0.384 e. The molecule has 3 N–H and O–H groups in total. The molecule has 4 aromatic rings. The number of fused-ring (bicyclic) bond motifs is 1. The zero-order valence-corrected chi connectivity index (χ0v) is 22.3. The van der Waals surface area contributed by atoms with Crippen molar-refractivity contribution >= 4 is 51.7 Å². The molecule has 1 fully saturated rings. The van der Waals surface area contributed by atoms with Gasteiger partial charge in [0.1, 0.15) is 0 Å². The summed E-state index contributed by atoms with van der Waals surface area (Å²) in [5, 5.41) is 12.0. The van der Waals surface area contributed by atoms with E-state index in [1.165, 1.54) is 5.56 Å². The lowest BCUT2D eigenvalue weighted by Gasteiger charge is -2.27. The molecule has 10 heteroatoms. The van der Waals surface area contributed by atoms with Gasteiger partial charge in [0, 0.05) is 54.2 Å². The van der Waals surface area contributed by atoms with E-state index >= 15 is 0 Å². The Kier molecular flexibility index (Phi) is 8.67. The van der Waals surface area contributed by atoms with Crippen LogP contribution in [-0.2, 0) is 11.2 Å². The van der Waals surface area contributed by atoms with Crippen molar-refractivity contribution in [1.29, 1.82) is 0 Å². The number of pyridine rings is 1. The number of rotatable bonds is 11. The molecule has 1 saturated heterocycles. The number of nitrogens with one attached hydrogen (secondary N) is 3. The molecule has 5 rings (SSSR count). The molecule has 1 aliphatic rings. The van der Waals surface area contributed by atoms with Crippen molar-refractivity contribution in [2.24, 2.45) is 0 Å². The van der Waals surface area contributed by atoms with Crippen LogP contribution in [0.2, 0.25) is 5.02 Å². The van der Waals surface area contributed by atoms with Crippen LogP contribution in [0.3, 0.4) is 0 Å². The Labute approximate surface area is 228 Å². The highest BCUT2D eigenvalue weighted by atomic mass is 35.5. The number of ether oxygens (including phenoxy) is 1. The average Bonchev–Trinajstić information content (AvgIpc) is 2.95. The second kappa shape index (κ2) is 12.7. The van der Waals surface area contributed by atoms with E-state index in [0.717, 1.165) is 67.7 Å². The lowest BCUT2D eigenvalue weighted by atomic mass is 10.1. The van der Waals surface area contributed by atoms with E-state index in [1.54, 1.807) is 6.20 Å². The Morgan fingerprint density at radius 1 is 0.895 bits per heavy atom. The number of halogens is 1. The molecule has 2 aromatic carbocycles. The maximum atomic E-state index is 6.10. The molecule has 2 aromatic heterocycles. The molecule has 9 nitrogen and oxygen atoms in total. The normalized spacial score (nSPS) is 13.5. The number of benzene rings is 2. The third kappa shape index (κ3) is 6.79. The van der Waals surface area contributed by atoms with E-state index in [2.05, 4.69) is 62.0 Å². The average molecular weight is 533 g/mol. The van der Waals surface area contributed by atoms with Crippen LogP contribution in [0.25, 0.3) is 10.9 Å². The topological polar surface area (TPSA) is 100 Å². The van der Waals surface area contributed by atoms with Crippen molar-refractivity contribution < 1.29 is 4.74 Å². The van der Waals surface area contributed by atoms with Crippen LogP contribution in [0.1, 0.15) is 25.3 Å². The maximum absolute atomic E-state index is 6.10. The predicted octanol–water partition coefficient (Wildman–Crippen LogP) is 5.52. The van der Waals surface area contributed by atoms with Crippen LogP contribution in [0.15, 0.2) is 54.7 Å². The van der Waals surface area contributed by atoms with Crippen molar-refractivity contribution in [2.75, 3.05) is 60.2 Å². The van der Waals surface area contributed by atoms with Gasteiger partial charge >= 0.3 is 0 Å². The van der Waals surface area contributed by atoms with Gasteiger partial charge in [0.2, 0.25) is 17.8 Å². The van der Waals surface area contributed by atoms with E-state index in [4.69, 9.17) is 26.3 Å². The predicted molar refractivity (Wildman–Crippen MR) is 155 cm³/mol. The summed E-state index contributed by atoms with van der Waals surface area (Å²) in [5.41, 5.74) is 4.19. The molecular formula is C28H33ClN8O. The Morgan fingerprint density at radius 2 is 1.66 bits per heavy atom. The molecule has 3 heterocycles. The quantitative estimate of drug-likeness (QED) is 0.215. The van der Waals surface area contributed by atoms with E-state index in [9.17, 15) is 0 Å². The Balaban J connectivity index is 1.18. The molecule has 0 spiro atoms. The smallest absolute Gasteiger partial charge is 0.233 e. The number of hydrogen-bond acceptors (Lipinski definition) is 9. The maximum Gasteiger partial charge on any atom is 0.233 e. The van der Waals surface area contributed by atoms with E-state index in [1.807, 2.05) is 24.3 Å². The van der Waals surface area contributed by atoms with Crippen molar-refractivity contribution in [3.8, 4) is 0 Å². The van der Waals surface area contributed by atoms with Crippen LogP contribution in [0.4, 0.5) is 29.2 Å². The Hall–Kier alpha value is -3.69. The Morgan fingerprint density at radius 3 is 2.45 bits per heavy atom. The van der Waals surface area contributed by atoms with E-state index in [0.29, 0.717) is 36.1 Å². The first-order chi connectivity index (χ1) is 18.7. The summed E-state index contributed by atoms with van der Waals surface area (Å²) < 4.78 is 5.50. The van der Waals surface area contributed by atoms with Gasteiger partial charge < -0.3 is 25.6 Å². The van der Waals surface area contributed by atoms with Gasteiger partial charge in [0.05, 0.1) is 18.7 Å². The molecule has 38 heavy (non-hydrogen) atoms. The highest BCUT2D eigenvalue weighted by molar-refractivity contribution is 6.31. The third-order valence-corrected chi connectivity index (χ3v) is 6.68. The fraction of sp³-hybridized carbons (Fsp3) is 0.357. The largest absolute Gasteiger partial charge is 0.384 e. The number of unbranched alkanes of at least 4 members (excludes halogenated alkanes) is 1. The number of nitrogens with zero attached hydrogens (tertiary/aromatic N) is 5. The minimum atomic E-state index is 0.527. The zero-order chi connectivity index (χ0) is 26.2. The highest BCUT2D eigenvalue weighted by Crippen LogP contribution is 2.24. The minimum absolute atomic E-state index is 0.527. The summed E-state index contributed by atoms with van der Waals surface area (Å²) in [6.07, 6.45) is 4.76. The first-order valence-electron chi connectivity index (χ1n) is 13.1. The summed E-state index contributed by atoms with van der Waals surface area (Å²) in [6.45, 7) is 6.61. The van der Waals surface area contributed by atoms with Crippen LogP contribution < -0.4 is 20.9 Å². The van der Waals surface area contributed by atoms with Gasteiger partial charge in [-0.3, -0.25) is 4.98 Å². The molecule has 0 amide bonds. The lowest BCUT2D eigenvalue weighted by molar-refractivity contribution is 0.122. The van der Waals surface area contributed by atoms with E-state index in [-0.39, 0.29) is 0 Å². The van der Waals surface area contributed by atoms with Crippen LogP contribution >= 0.6 is 11.6 Å². The first-order valence-corrected chi connectivity index (χ1v) is 13.5. The third-order valence-electron chi connectivity index (χ3n) is 6.44. The summed E-state index contributed by atoms with van der Waals surface area (Å²) in [7, 11) is 0. The van der Waals surface area contributed by atoms with Crippen molar-refractivity contribution in [3.63, 3.8) is 0 Å². The van der Waals surface area contributed by atoms with Gasteiger partial charge in [-0.15, -0.1) is 0 Å². The molecule has 0 unspecified atom stereocenters. The van der Waals surface area contributed by atoms with Crippen LogP contribution in [0, 0.1) is 0 Å². The van der Waals surface area contributed by atoms with Gasteiger partial charge in [0.15, 0.2) is 0 Å². The molecule has 1 aliphatic heterocycles. The van der Waals surface area contributed by atoms with Crippen molar-refractivity contribution in [2.45, 2.75) is 26.2 Å². The molecule has 198 valence electrons. The van der Waals surface area contributed by atoms with E-state index < -0.39 is 0 Å². The standard InChI is InChI=1S/C28H33ClN8O/c1-2-20-5-8-22(9-6-20)33-27-34-26(35-28(36-27)37-15-17-38-18-16-37)32-13-4-3-12-30-24-11-14-31-25-19-21(29)7-10-23(24)25/h5-11,14,19H,2-4,12-13,15-18H2,1H3,(H,30,31)(H2,32,33,34,35,36). The molecule has 0 bridgehead atoms. The summed E-state index contributed by atoms with van der Waals surface area (Å²) in [6, 6.07) is 16.1. The van der Waals surface area contributed by atoms with Gasteiger partial charge in [-0.1, -0.05) is 30.7 Å². The fourth-order valence-corrected chi connectivity index (χ4v) is 4.47. The summed E-state index contributed by atoms with van der Waals surface area (Å²) in [5.74, 6) is 1.75. The number of aryl methyl sites for hydroxylation is 1. The number of aromatic nitrogens is 4. The molecule has 0 atom stereocenters. The fourth-order valence-electron chi connectivity index (χ4n) is 4.31. The van der Waals surface area contributed by atoms with Crippen molar-refractivity contribution in [1.82, 2.24) is 19.9 Å².